The predicted octanol–water partition coefficient (Wildman–Crippen LogP) is 2.22. The van der Waals surface area contributed by atoms with Gasteiger partial charge < -0.3 is 15.5 Å². The van der Waals surface area contributed by atoms with Gasteiger partial charge in [0.15, 0.2) is 6.61 Å². The Labute approximate surface area is 139 Å². The molecular weight excluding hydrogens is 362 g/mol. The Morgan fingerprint density at radius 1 is 1.26 bits per heavy atom. The number of nitrogens with one attached hydrogen (secondary N) is 1. The van der Waals surface area contributed by atoms with Gasteiger partial charge in [-0.05, 0) is 30.3 Å². The first-order valence-electron chi connectivity index (χ1n) is 6.74. The maximum absolute atomic E-state index is 12.2. The second-order valence-electron chi connectivity index (χ2n) is 4.83. The summed E-state index contributed by atoms with van der Waals surface area (Å²) in [4.78, 5) is 30.3. The molecule has 0 spiro atoms. The average molecular weight is 374 g/mol. The van der Waals surface area contributed by atoms with Crippen molar-refractivity contribution < 1.29 is 9.53 Å². The zero-order valence-electron chi connectivity index (χ0n) is 11.9. The zero-order valence-corrected chi connectivity index (χ0v) is 13.5. The lowest BCUT2D eigenvalue weighted by Crippen LogP contribution is -2.20. The second-order valence-corrected chi connectivity index (χ2v) is 5.74. The summed E-state index contributed by atoms with van der Waals surface area (Å²) < 4.78 is 6.19. The van der Waals surface area contributed by atoms with Gasteiger partial charge in [-0.1, -0.05) is 28.1 Å². The quantitative estimate of drug-likeness (QED) is 0.732. The Morgan fingerprint density at radius 3 is 2.83 bits per heavy atom. The number of para-hydroxylation sites is 1. The van der Waals surface area contributed by atoms with Crippen LogP contribution in [-0.2, 0) is 4.79 Å². The molecule has 0 radical (unpaired) electrons. The normalized spacial score (nSPS) is 10.7. The van der Waals surface area contributed by atoms with Crippen molar-refractivity contribution in [2.45, 2.75) is 0 Å². The van der Waals surface area contributed by atoms with Gasteiger partial charge in [-0.25, -0.2) is 4.98 Å². The third-order valence-electron chi connectivity index (χ3n) is 3.18. The fraction of sp³-hybridized carbons (Fsp3) is 0.0625. The monoisotopic (exact) mass is 373 g/mol. The second kappa shape index (κ2) is 6.21. The molecular formula is C16H12BrN3O3. The molecule has 3 N–H and O–H groups in total. The van der Waals surface area contributed by atoms with Gasteiger partial charge in [-0.15, -0.1) is 0 Å². The van der Waals surface area contributed by atoms with Crippen LogP contribution in [0.2, 0.25) is 0 Å². The van der Waals surface area contributed by atoms with Gasteiger partial charge >= 0.3 is 0 Å². The van der Waals surface area contributed by atoms with Crippen molar-refractivity contribution in [1.29, 1.82) is 0 Å². The first kappa shape index (κ1) is 15.2. The number of primary amides is 1. The van der Waals surface area contributed by atoms with E-state index in [9.17, 15) is 9.59 Å². The zero-order chi connectivity index (χ0) is 16.4. The minimum absolute atomic E-state index is 0.244. The highest BCUT2D eigenvalue weighted by molar-refractivity contribution is 9.10. The maximum Gasteiger partial charge on any atom is 0.259 e. The standard InChI is InChI=1S/C16H12BrN3O3/c17-9-5-6-13(23-8-14(18)21)11(7-9)15-19-12-4-2-1-3-10(12)16(22)20-15/h1-7H,8H2,(H2,18,21)(H,19,20,22). The molecule has 0 unspecified atom stereocenters. The highest BCUT2D eigenvalue weighted by atomic mass is 79.9. The summed E-state index contributed by atoms with van der Waals surface area (Å²) in [7, 11) is 0. The van der Waals surface area contributed by atoms with Crippen LogP contribution in [-0.4, -0.2) is 22.5 Å². The van der Waals surface area contributed by atoms with E-state index in [2.05, 4.69) is 25.9 Å². The van der Waals surface area contributed by atoms with E-state index in [1.54, 1.807) is 36.4 Å². The Balaban J connectivity index is 2.15. The highest BCUT2D eigenvalue weighted by Gasteiger charge is 2.12. The van der Waals surface area contributed by atoms with Gasteiger partial charge in [-0.2, -0.15) is 0 Å². The van der Waals surface area contributed by atoms with Gasteiger partial charge in [0.2, 0.25) is 0 Å². The van der Waals surface area contributed by atoms with Crippen molar-refractivity contribution in [2.75, 3.05) is 6.61 Å². The fourth-order valence-corrected chi connectivity index (χ4v) is 2.54. The number of hydrogen-bond donors (Lipinski definition) is 2. The third kappa shape index (κ3) is 3.24. The number of H-pyrrole nitrogens is 1. The SMILES string of the molecule is NC(=O)COc1ccc(Br)cc1-c1nc2ccccc2c(=O)[nH]1. The molecule has 3 rings (SSSR count). The summed E-state index contributed by atoms with van der Waals surface area (Å²) in [5.74, 6) is 0.179. The van der Waals surface area contributed by atoms with Gasteiger partial charge in [0.25, 0.3) is 11.5 Å². The van der Waals surface area contributed by atoms with Gasteiger partial charge in [0.1, 0.15) is 11.6 Å². The summed E-state index contributed by atoms with van der Waals surface area (Å²) in [6.07, 6.45) is 0. The molecule has 0 aliphatic carbocycles. The molecule has 116 valence electrons. The molecule has 0 atom stereocenters. The van der Waals surface area contributed by atoms with Crippen LogP contribution >= 0.6 is 15.9 Å². The third-order valence-corrected chi connectivity index (χ3v) is 3.67. The van der Waals surface area contributed by atoms with Gasteiger partial charge in [-0.3, -0.25) is 9.59 Å². The van der Waals surface area contributed by atoms with Crippen LogP contribution in [0.25, 0.3) is 22.3 Å². The first-order chi connectivity index (χ1) is 11.0. The fourth-order valence-electron chi connectivity index (χ4n) is 2.18. The van der Waals surface area contributed by atoms with Crippen molar-refractivity contribution in [1.82, 2.24) is 9.97 Å². The van der Waals surface area contributed by atoms with Crippen LogP contribution in [0.5, 0.6) is 5.75 Å². The number of ether oxygens (including phenoxy) is 1. The molecule has 3 aromatic rings. The molecule has 0 saturated carbocycles. The molecule has 0 aliphatic rings. The van der Waals surface area contributed by atoms with Crippen LogP contribution in [0.15, 0.2) is 51.7 Å². The molecule has 1 amide bonds. The maximum atomic E-state index is 12.2. The average Bonchev–Trinajstić information content (AvgIpc) is 2.53. The molecule has 23 heavy (non-hydrogen) atoms. The number of carbonyl (C=O) groups is 1. The van der Waals surface area contributed by atoms with Crippen LogP contribution in [0.3, 0.4) is 0 Å². The van der Waals surface area contributed by atoms with Crippen LogP contribution in [0, 0.1) is 0 Å². The van der Waals surface area contributed by atoms with Crippen LogP contribution in [0.1, 0.15) is 0 Å². The minimum Gasteiger partial charge on any atom is -0.483 e. The number of benzene rings is 2. The summed E-state index contributed by atoms with van der Waals surface area (Å²) in [6, 6.07) is 12.2. The van der Waals surface area contributed by atoms with E-state index in [4.69, 9.17) is 10.5 Å². The van der Waals surface area contributed by atoms with E-state index in [1.807, 2.05) is 6.07 Å². The molecule has 0 saturated heterocycles. The Hall–Kier alpha value is -2.67. The number of amides is 1. The molecule has 7 heteroatoms. The molecule has 1 aromatic heterocycles. The lowest BCUT2D eigenvalue weighted by molar-refractivity contribution is -0.119. The number of nitrogens with zero attached hydrogens (tertiary/aromatic N) is 1. The minimum atomic E-state index is -0.584. The molecule has 6 nitrogen and oxygen atoms in total. The van der Waals surface area contributed by atoms with E-state index in [-0.39, 0.29) is 12.2 Å². The molecule has 0 bridgehead atoms. The highest BCUT2D eigenvalue weighted by Crippen LogP contribution is 2.30. The van der Waals surface area contributed by atoms with E-state index in [1.165, 1.54) is 0 Å². The van der Waals surface area contributed by atoms with Gasteiger partial charge in [0.05, 0.1) is 16.5 Å². The number of aromatic nitrogens is 2. The van der Waals surface area contributed by atoms with Crippen molar-refractivity contribution >= 4 is 32.7 Å². The Kier molecular flexibility index (Phi) is 4.12. The predicted molar refractivity (Wildman–Crippen MR) is 90.2 cm³/mol. The van der Waals surface area contributed by atoms with Crippen molar-refractivity contribution in [3.8, 4) is 17.1 Å². The molecule has 2 aromatic carbocycles. The summed E-state index contributed by atoms with van der Waals surface area (Å²) in [5, 5.41) is 0.505. The van der Waals surface area contributed by atoms with E-state index >= 15 is 0 Å². The van der Waals surface area contributed by atoms with Gasteiger partial charge in [0, 0.05) is 4.47 Å². The van der Waals surface area contributed by atoms with Crippen LogP contribution < -0.4 is 16.0 Å². The van der Waals surface area contributed by atoms with Crippen molar-refractivity contribution in [2.24, 2.45) is 5.73 Å². The number of fused-ring (bicyclic) bond motifs is 1. The topological polar surface area (TPSA) is 98.1 Å². The summed E-state index contributed by atoms with van der Waals surface area (Å²) in [6.45, 7) is -0.257. The number of rotatable bonds is 4. The Morgan fingerprint density at radius 2 is 2.04 bits per heavy atom. The van der Waals surface area contributed by atoms with Crippen molar-refractivity contribution in [3.05, 3.63) is 57.3 Å². The first-order valence-corrected chi connectivity index (χ1v) is 7.54. The molecule has 1 heterocycles. The van der Waals surface area contributed by atoms with Crippen LogP contribution in [0.4, 0.5) is 0 Å². The number of nitrogens with two attached hydrogens (primary N) is 1. The van der Waals surface area contributed by atoms with E-state index in [0.29, 0.717) is 28.0 Å². The number of aromatic amines is 1. The molecule has 0 aliphatic heterocycles. The number of hydrogen-bond acceptors (Lipinski definition) is 4. The summed E-state index contributed by atoms with van der Waals surface area (Å²) >= 11 is 3.37. The van der Waals surface area contributed by atoms with E-state index in [0.717, 1.165) is 4.47 Å². The smallest absolute Gasteiger partial charge is 0.259 e. The molecule has 0 fully saturated rings. The number of halogens is 1. The van der Waals surface area contributed by atoms with Crippen molar-refractivity contribution in [3.63, 3.8) is 0 Å². The lowest BCUT2D eigenvalue weighted by atomic mass is 10.1. The largest absolute Gasteiger partial charge is 0.483 e. The summed E-state index contributed by atoms with van der Waals surface area (Å²) in [5.41, 5.74) is 6.00. The van der Waals surface area contributed by atoms with E-state index < -0.39 is 5.91 Å². The number of carbonyl (C=O) groups excluding carboxylic acids is 1. The lowest BCUT2D eigenvalue weighted by Gasteiger charge is -2.11. The Bertz CT molecular complexity index is 953.